The van der Waals surface area contributed by atoms with Gasteiger partial charge in [-0.3, -0.25) is 9.59 Å². The Morgan fingerprint density at radius 3 is 2.88 bits per heavy atom. The van der Waals surface area contributed by atoms with E-state index in [1.165, 1.54) is 0 Å². The van der Waals surface area contributed by atoms with E-state index in [1.54, 1.807) is 23.7 Å². The molecule has 2 aliphatic heterocycles. The van der Waals surface area contributed by atoms with Gasteiger partial charge in [-0.15, -0.1) is 11.3 Å². The van der Waals surface area contributed by atoms with Crippen molar-refractivity contribution in [2.45, 2.75) is 51.7 Å². The van der Waals surface area contributed by atoms with Crippen molar-refractivity contribution in [3.05, 3.63) is 39.7 Å². The molecule has 0 radical (unpaired) electrons. The predicted molar refractivity (Wildman–Crippen MR) is 93.3 cm³/mol. The molecule has 4 rings (SSSR count). The number of rotatable bonds is 3. The van der Waals surface area contributed by atoms with E-state index in [1.807, 2.05) is 29.0 Å². The molecule has 6 nitrogen and oxygen atoms in total. The Morgan fingerprint density at radius 1 is 1.36 bits per heavy atom. The van der Waals surface area contributed by atoms with Gasteiger partial charge in [-0.25, -0.2) is 4.98 Å². The summed E-state index contributed by atoms with van der Waals surface area (Å²) in [4.78, 5) is 33.7. The Hall–Kier alpha value is -2.15. The van der Waals surface area contributed by atoms with E-state index in [-0.39, 0.29) is 23.9 Å². The fourth-order valence-corrected chi connectivity index (χ4v) is 4.63. The minimum atomic E-state index is 0.0116. The molecule has 0 saturated carbocycles. The van der Waals surface area contributed by atoms with Crippen LogP contribution < -0.4 is 0 Å². The maximum Gasteiger partial charge on any atom is 0.257 e. The molecule has 2 fully saturated rings. The summed E-state index contributed by atoms with van der Waals surface area (Å²) in [6, 6.07) is 1.90. The van der Waals surface area contributed by atoms with Crippen LogP contribution in [-0.2, 0) is 11.3 Å². The lowest BCUT2D eigenvalue weighted by atomic mass is 9.95. The lowest BCUT2D eigenvalue weighted by molar-refractivity contribution is -0.138. The molecule has 2 aromatic heterocycles. The molecule has 2 amide bonds. The quantitative estimate of drug-likeness (QED) is 0.845. The molecule has 0 spiro atoms. The van der Waals surface area contributed by atoms with Gasteiger partial charge in [-0.05, 0) is 32.8 Å². The van der Waals surface area contributed by atoms with E-state index in [2.05, 4.69) is 4.98 Å². The van der Waals surface area contributed by atoms with Crippen molar-refractivity contribution in [3.8, 4) is 0 Å². The molecular weight excluding hydrogens is 338 g/mol. The molecule has 0 bridgehead atoms. The van der Waals surface area contributed by atoms with Gasteiger partial charge < -0.3 is 14.2 Å². The summed E-state index contributed by atoms with van der Waals surface area (Å²) < 4.78 is 5.28. The van der Waals surface area contributed by atoms with Crippen LogP contribution in [0.1, 0.15) is 46.1 Å². The molecule has 7 heteroatoms. The Kier molecular flexibility index (Phi) is 4.11. The van der Waals surface area contributed by atoms with E-state index in [9.17, 15) is 9.59 Å². The third-order valence-corrected chi connectivity index (χ3v) is 6.06. The number of furan rings is 1. The highest BCUT2D eigenvalue weighted by Crippen LogP contribution is 2.34. The minimum Gasteiger partial charge on any atom is -0.469 e. The SMILES string of the molecule is Cc1nc(CN2C(=O)CC[C@H]3[C@H]2CCN3C(=O)c2ccoc2C)cs1. The summed E-state index contributed by atoms with van der Waals surface area (Å²) in [6.07, 6.45) is 3.59. The zero-order valence-corrected chi connectivity index (χ0v) is 15.2. The first kappa shape index (κ1) is 16.3. The van der Waals surface area contributed by atoms with Gasteiger partial charge >= 0.3 is 0 Å². The number of fused-ring (bicyclic) bond motifs is 1. The number of likely N-dealkylation sites (tertiary alicyclic amines) is 2. The number of hydrogen-bond donors (Lipinski definition) is 0. The first-order valence-electron chi connectivity index (χ1n) is 8.60. The highest BCUT2D eigenvalue weighted by Gasteiger charge is 2.45. The fourth-order valence-electron chi connectivity index (χ4n) is 4.02. The summed E-state index contributed by atoms with van der Waals surface area (Å²) in [5, 5.41) is 3.02. The summed E-state index contributed by atoms with van der Waals surface area (Å²) in [7, 11) is 0. The van der Waals surface area contributed by atoms with E-state index in [0.717, 1.165) is 23.5 Å². The molecule has 0 aromatic carbocycles. The second kappa shape index (κ2) is 6.29. The van der Waals surface area contributed by atoms with Crippen LogP contribution in [0.15, 0.2) is 22.1 Å². The van der Waals surface area contributed by atoms with E-state index < -0.39 is 0 Å². The Bertz CT molecular complexity index is 812. The van der Waals surface area contributed by atoms with E-state index in [4.69, 9.17) is 4.42 Å². The van der Waals surface area contributed by atoms with Crippen LogP contribution in [0.2, 0.25) is 0 Å². The van der Waals surface area contributed by atoms with Crippen LogP contribution in [0, 0.1) is 13.8 Å². The first-order valence-corrected chi connectivity index (χ1v) is 9.48. The molecule has 0 aliphatic carbocycles. The maximum atomic E-state index is 12.9. The van der Waals surface area contributed by atoms with Crippen molar-refractivity contribution in [2.75, 3.05) is 6.54 Å². The van der Waals surface area contributed by atoms with Gasteiger partial charge in [0.15, 0.2) is 0 Å². The first-order chi connectivity index (χ1) is 12.0. The molecule has 132 valence electrons. The summed E-state index contributed by atoms with van der Waals surface area (Å²) in [5.74, 6) is 0.827. The molecule has 2 aromatic rings. The average Bonchev–Trinajstić information content (AvgIpc) is 3.29. The second-order valence-corrected chi connectivity index (χ2v) is 7.79. The number of amides is 2. The minimum absolute atomic E-state index is 0.0116. The van der Waals surface area contributed by atoms with Gasteiger partial charge in [-0.1, -0.05) is 0 Å². The van der Waals surface area contributed by atoms with Gasteiger partial charge in [0.2, 0.25) is 5.91 Å². The normalized spacial score (nSPS) is 23.2. The number of hydrogen-bond acceptors (Lipinski definition) is 5. The second-order valence-electron chi connectivity index (χ2n) is 6.73. The summed E-state index contributed by atoms with van der Waals surface area (Å²) >= 11 is 1.60. The third-order valence-electron chi connectivity index (χ3n) is 5.23. The third kappa shape index (κ3) is 2.86. The number of aromatic nitrogens is 1. The highest BCUT2D eigenvalue weighted by atomic mass is 32.1. The Labute approximate surface area is 150 Å². The molecule has 2 aliphatic rings. The number of piperidine rings is 1. The number of thiazole rings is 1. The van der Waals surface area contributed by atoms with Crippen LogP contribution in [0.4, 0.5) is 0 Å². The number of carbonyl (C=O) groups is 2. The van der Waals surface area contributed by atoms with Crippen LogP contribution in [0.25, 0.3) is 0 Å². The van der Waals surface area contributed by atoms with E-state index in [0.29, 0.717) is 30.8 Å². The molecule has 0 unspecified atom stereocenters. The van der Waals surface area contributed by atoms with Gasteiger partial charge in [0.25, 0.3) is 5.91 Å². The topological polar surface area (TPSA) is 66.7 Å². The maximum absolute atomic E-state index is 12.9. The highest BCUT2D eigenvalue weighted by molar-refractivity contribution is 7.09. The van der Waals surface area contributed by atoms with Crippen LogP contribution in [0.3, 0.4) is 0 Å². The van der Waals surface area contributed by atoms with E-state index >= 15 is 0 Å². The molecule has 2 atom stereocenters. The van der Waals surface area contributed by atoms with Gasteiger partial charge in [0.05, 0.1) is 41.2 Å². The smallest absolute Gasteiger partial charge is 0.257 e. The lowest BCUT2D eigenvalue weighted by Crippen LogP contribution is -2.52. The summed E-state index contributed by atoms with van der Waals surface area (Å²) in [5.41, 5.74) is 1.56. The van der Waals surface area contributed by atoms with Crippen LogP contribution in [0.5, 0.6) is 0 Å². The number of carbonyl (C=O) groups excluding carboxylic acids is 2. The van der Waals surface area contributed by atoms with Gasteiger partial charge in [0, 0.05) is 18.3 Å². The zero-order chi connectivity index (χ0) is 17.6. The van der Waals surface area contributed by atoms with Crippen molar-refractivity contribution in [1.82, 2.24) is 14.8 Å². The van der Waals surface area contributed by atoms with Crippen molar-refractivity contribution in [2.24, 2.45) is 0 Å². The van der Waals surface area contributed by atoms with Crippen LogP contribution in [-0.4, -0.2) is 45.2 Å². The lowest BCUT2D eigenvalue weighted by Gasteiger charge is -2.39. The monoisotopic (exact) mass is 359 g/mol. The largest absolute Gasteiger partial charge is 0.469 e. The predicted octanol–water partition coefficient (Wildman–Crippen LogP) is 2.76. The van der Waals surface area contributed by atoms with Crippen molar-refractivity contribution >= 4 is 23.2 Å². The van der Waals surface area contributed by atoms with Crippen molar-refractivity contribution in [3.63, 3.8) is 0 Å². The zero-order valence-electron chi connectivity index (χ0n) is 14.4. The molecule has 0 N–H and O–H groups in total. The molecule has 4 heterocycles. The van der Waals surface area contributed by atoms with Crippen molar-refractivity contribution in [1.29, 1.82) is 0 Å². The van der Waals surface area contributed by atoms with Gasteiger partial charge in [-0.2, -0.15) is 0 Å². The van der Waals surface area contributed by atoms with Gasteiger partial charge in [0.1, 0.15) is 5.76 Å². The Morgan fingerprint density at radius 2 is 2.20 bits per heavy atom. The molecular formula is C18H21N3O3S. The number of aryl methyl sites for hydroxylation is 2. The Balaban J connectivity index is 1.54. The van der Waals surface area contributed by atoms with Crippen molar-refractivity contribution < 1.29 is 14.0 Å². The summed E-state index contributed by atoms with van der Waals surface area (Å²) in [6.45, 7) is 5.00. The number of nitrogens with zero attached hydrogens (tertiary/aromatic N) is 3. The average molecular weight is 359 g/mol. The van der Waals surface area contributed by atoms with Crippen LogP contribution >= 0.6 is 11.3 Å². The standard InChI is InChI=1S/C18H21N3O3S/c1-11-14(6-8-24-11)18(23)20-7-5-16-15(20)3-4-17(22)21(16)9-13-10-25-12(2)19-13/h6,8,10,15-16H,3-5,7,9H2,1-2H3/t15-,16+/m0/s1. The fraction of sp³-hybridized carbons (Fsp3) is 0.500. The molecule has 2 saturated heterocycles. The molecule has 25 heavy (non-hydrogen) atoms.